The molecule has 0 saturated carbocycles. The predicted molar refractivity (Wildman–Crippen MR) is 147 cm³/mol. The number of fused-ring (bicyclic) bond motifs is 1. The van der Waals surface area contributed by atoms with Gasteiger partial charge in [0, 0.05) is 24.8 Å². The lowest BCUT2D eigenvalue weighted by Crippen LogP contribution is -2.54. The minimum atomic E-state index is -1.06. The van der Waals surface area contributed by atoms with Gasteiger partial charge in [0.2, 0.25) is 17.7 Å². The molecule has 2 aliphatic heterocycles. The first-order valence-corrected chi connectivity index (χ1v) is 14.6. The number of anilines is 1. The summed E-state index contributed by atoms with van der Waals surface area (Å²) in [5.74, 6) is -2.67. The van der Waals surface area contributed by atoms with Crippen LogP contribution in [-0.2, 0) is 33.3 Å². The minimum absolute atomic E-state index is 0.0381. The van der Waals surface area contributed by atoms with E-state index in [1.165, 1.54) is 6.07 Å². The smallest absolute Gasteiger partial charge is 0.264 e. The summed E-state index contributed by atoms with van der Waals surface area (Å²) in [6.45, 7) is 4.30. The third kappa shape index (κ3) is 9.44. The molecule has 220 valence electrons. The molecule has 0 bridgehead atoms. The Balaban J connectivity index is 1.29. The highest BCUT2D eigenvalue weighted by atomic mass is 79.9. The van der Waals surface area contributed by atoms with E-state index in [9.17, 15) is 24.0 Å². The van der Waals surface area contributed by atoms with Crippen LogP contribution in [0.5, 0.6) is 0 Å². The highest BCUT2D eigenvalue weighted by Gasteiger charge is 2.45. The first-order chi connectivity index (χ1) is 19.4. The Morgan fingerprint density at radius 3 is 2.17 bits per heavy atom. The molecule has 1 atom stereocenters. The zero-order chi connectivity index (χ0) is 28.7. The molecule has 2 heterocycles. The molecule has 2 aliphatic rings. The van der Waals surface area contributed by atoms with Gasteiger partial charge in [-0.15, -0.1) is 0 Å². The fourth-order valence-corrected chi connectivity index (χ4v) is 4.54. The van der Waals surface area contributed by atoms with E-state index >= 15 is 0 Å². The van der Waals surface area contributed by atoms with Crippen LogP contribution in [0.1, 0.15) is 59.2 Å². The first kappa shape index (κ1) is 31.8. The Morgan fingerprint density at radius 1 is 0.875 bits per heavy atom. The largest absolute Gasteiger partial charge is 0.379 e. The summed E-state index contributed by atoms with van der Waals surface area (Å²) in [6.07, 6.45) is 2.56. The van der Waals surface area contributed by atoms with Crippen LogP contribution in [0.25, 0.3) is 0 Å². The van der Waals surface area contributed by atoms with Gasteiger partial charge in [0.25, 0.3) is 11.8 Å². The Hall–Kier alpha value is -2.71. The maximum absolute atomic E-state index is 13.1. The van der Waals surface area contributed by atoms with Crippen molar-refractivity contribution in [2.45, 2.75) is 44.6 Å². The summed E-state index contributed by atoms with van der Waals surface area (Å²) in [7, 11) is 0. The molecule has 12 nitrogen and oxygen atoms in total. The van der Waals surface area contributed by atoms with E-state index in [-0.39, 0.29) is 42.0 Å². The number of ether oxygens (including phenoxy) is 4. The summed E-state index contributed by atoms with van der Waals surface area (Å²) in [5.41, 5.74) is 0.413. The lowest BCUT2D eigenvalue weighted by atomic mass is 10.0. The summed E-state index contributed by atoms with van der Waals surface area (Å²) >= 11 is 3.28. The molecule has 0 spiro atoms. The number of carbonyl (C=O) groups excluding carboxylic acids is 5. The summed E-state index contributed by atoms with van der Waals surface area (Å²) in [4.78, 5) is 63.1. The van der Waals surface area contributed by atoms with E-state index in [2.05, 4.69) is 26.6 Å². The van der Waals surface area contributed by atoms with Crippen molar-refractivity contribution >= 4 is 51.2 Å². The highest BCUT2D eigenvalue weighted by Crippen LogP contribution is 2.32. The molecule has 0 radical (unpaired) electrons. The number of nitrogens with one attached hydrogen (secondary N) is 2. The van der Waals surface area contributed by atoms with Crippen molar-refractivity contribution in [1.29, 1.82) is 0 Å². The monoisotopic (exact) mass is 625 g/mol. The van der Waals surface area contributed by atoms with Crippen molar-refractivity contribution in [2.24, 2.45) is 0 Å². The number of rotatable bonds is 19. The van der Waals surface area contributed by atoms with Crippen LogP contribution in [0.3, 0.4) is 0 Å². The molecule has 5 amide bonds. The van der Waals surface area contributed by atoms with Crippen LogP contribution in [-0.4, -0.2) is 98.7 Å². The van der Waals surface area contributed by atoms with Crippen LogP contribution >= 0.6 is 15.9 Å². The zero-order valence-corrected chi connectivity index (χ0v) is 24.0. The summed E-state index contributed by atoms with van der Waals surface area (Å²) in [5, 5.41) is 5.70. The van der Waals surface area contributed by atoms with Gasteiger partial charge in [0.05, 0.1) is 63.1 Å². The third-order valence-corrected chi connectivity index (χ3v) is 6.60. The SMILES string of the molecule is O=C1CCC(N2C(=O)c3cccc(NC(=O)CCCCCOCCOCCOCCOCCBr)c3C2=O)C(=O)N1. The maximum atomic E-state index is 13.1. The van der Waals surface area contributed by atoms with E-state index in [1.807, 2.05) is 0 Å². The molecule has 40 heavy (non-hydrogen) atoms. The van der Waals surface area contributed by atoms with Crippen molar-refractivity contribution in [3.05, 3.63) is 29.3 Å². The Labute approximate surface area is 241 Å². The number of hydrogen-bond acceptors (Lipinski definition) is 9. The van der Waals surface area contributed by atoms with Crippen molar-refractivity contribution < 1.29 is 42.9 Å². The number of alkyl halides is 1. The zero-order valence-electron chi connectivity index (χ0n) is 22.4. The molecule has 1 aromatic carbocycles. The van der Waals surface area contributed by atoms with Crippen molar-refractivity contribution in [2.75, 3.05) is 63.5 Å². The van der Waals surface area contributed by atoms with Gasteiger partial charge in [-0.1, -0.05) is 28.4 Å². The summed E-state index contributed by atoms with van der Waals surface area (Å²) < 4.78 is 21.6. The minimum Gasteiger partial charge on any atom is -0.379 e. The molecule has 13 heteroatoms. The van der Waals surface area contributed by atoms with Crippen LogP contribution in [0.15, 0.2) is 18.2 Å². The molecule has 1 aromatic rings. The molecule has 2 N–H and O–H groups in total. The van der Waals surface area contributed by atoms with Gasteiger partial charge in [-0.3, -0.25) is 34.2 Å². The van der Waals surface area contributed by atoms with Gasteiger partial charge < -0.3 is 24.3 Å². The number of nitrogens with zero attached hydrogens (tertiary/aromatic N) is 1. The second kappa shape index (κ2) is 17.2. The second-order valence-electron chi connectivity index (χ2n) is 9.17. The average Bonchev–Trinajstić information content (AvgIpc) is 3.18. The number of amides is 5. The number of halogens is 1. The van der Waals surface area contributed by atoms with E-state index in [1.54, 1.807) is 12.1 Å². The van der Waals surface area contributed by atoms with Crippen LogP contribution in [0.4, 0.5) is 5.69 Å². The molecular weight excluding hydrogens is 590 g/mol. The fourth-order valence-electron chi connectivity index (χ4n) is 4.31. The molecule has 0 aliphatic carbocycles. The van der Waals surface area contributed by atoms with Gasteiger partial charge in [0.1, 0.15) is 6.04 Å². The molecule has 0 aromatic heterocycles. The molecular formula is C27H36BrN3O9. The second-order valence-corrected chi connectivity index (χ2v) is 9.97. The Morgan fingerprint density at radius 2 is 1.52 bits per heavy atom. The standard InChI is InChI=1S/C27H36BrN3O9/c28-10-12-38-14-16-40-18-17-39-15-13-37-11-3-1-2-7-22(32)29-20-6-4-5-19-24(20)27(36)31(26(19)35)21-8-9-23(33)30-25(21)34/h4-6,21H,1-3,7-18H2,(H,29,32)(H,30,33,34). The van der Waals surface area contributed by atoms with Crippen LogP contribution < -0.4 is 10.6 Å². The lowest BCUT2D eigenvalue weighted by molar-refractivity contribution is -0.136. The number of carbonyl (C=O) groups is 5. The van der Waals surface area contributed by atoms with Gasteiger partial charge in [0.15, 0.2) is 0 Å². The third-order valence-electron chi connectivity index (χ3n) is 6.27. The normalized spacial score (nSPS) is 16.8. The van der Waals surface area contributed by atoms with Gasteiger partial charge in [-0.2, -0.15) is 0 Å². The molecule has 1 unspecified atom stereocenters. The topological polar surface area (TPSA) is 150 Å². The number of benzene rings is 1. The van der Waals surface area contributed by atoms with Crippen LogP contribution in [0.2, 0.25) is 0 Å². The van der Waals surface area contributed by atoms with E-state index in [0.29, 0.717) is 59.3 Å². The van der Waals surface area contributed by atoms with E-state index in [4.69, 9.17) is 18.9 Å². The quantitative estimate of drug-likeness (QED) is 0.134. The molecule has 1 fully saturated rings. The molecule has 3 rings (SSSR count). The van der Waals surface area contributed by atoms with Crippen molar-refractivity contribution in [3.8, 4) is 0 Å². The van der Waals surface area contributed by atoms with Gasteiger partial charge in [-0.25, -0.2) is 0 Å². The summed E-state index contributed by atoms with van der Waals surface area (Å²) in [6, 6.07) is 3.55. The maximum Gasteiger partial charge on any atom is 0.264 e. The fraction of sp³-hybridized carbons (Fsp3) is 0.593. The highest BCUT2D eigenvalue weighted by molar-refractivity contribution is 9.09. The molecule has 1 saturated heterocycles. The van der Waals surface area contributed by atoms with Gasteiger partial charge in [-0.05, 0) is 31.4 Å². The lowest BCUT2D eigenvalue weighted by Gasteiger charge is -2.27. The van der Waals surface area contributed by atoms with Gasteiger partial charge >= 0.3 is 0 Å². The van der Waals surface area contributed by atoms with E-state index in [0.717, 1.165) is 23.1 Å². The Bertz CT molecular complexity index is 1050. The van der Waals surface area contributed by atoms with Crippen LogP contribution in [0, 0.1) is 0 Å². The number of imide groups is 2. The van der Waals surface area contributed by atoms with Crippen molar-refractivity contribution in [1.82, 2.24) is 10.2 Å². The number of piperidine rings is 1. The Kier molecular flexibility index (Phi) is 13.7. The average molecular weight is 627 g/mol. The first-order valence-electron chi connectivity index (χ1n) is 13.5. The van der Waals surface area contributed by atoms with Crippen molar-refractivity contribution in [3.63, 3.8) is 0 Å². The predicted octanol–water partition coefficient (Wildman–Crippen LogP) is 2.05. The number of hydrogen-bond donors (Lipinski definition) is 2. The number of unbranched alkanes of at least 4 members (excludes halogenated alkanes) is 2. The van der Waals surface area contributed by atoms with E-state index < -0.39 is 29.7 Å².